The van der Waals surface area contributed by atoms with Crippen LogP contribution in [0.15, 0.2) is 16.6 Å². The molecule has 0 saturated heterocycles. The summed E-state index contributed by atoms with van der Waals surface area (Å²) in [5.74, 6) is -1.33. The van der Waals surface area contributed by atoms with Gasteiger partial charge in [0, 0.05) is 10.0 Å². The molecule has 0 amide bonds. The van der Waals surface area contributed by atoms with Crippen molar-refractivity contribution in [1.82, 2.24) is 0 Å². The molecular formula is C8H6BrF2NO2. The van der Waals surface area contributed by atoms with E-state index in [2.05, 4.69) is 15.9 Å². The fourth-order valence-corrected chi connectivity index (χ4v) is 1.42. The molecular weight excluding hydrogens is 260 g/mol. The molecule has 3 N–H and O–H groups in total. The number of hydrogen-bond donors (Lipinski definition) is 2. The Morgan fingerprint density at radius 3 is 2.50 bits per heavy atom. The number of anilines is 1. The first-order valence-corrected chi connectivity index (χ1v) is 4.33. The predicted molar refractivity (Wildman–Crippen MR) is 50.5 cm³/mol. The number of rotatable bonds is 2. The van der Waals surface area contributed by atoms with Gasteiger partial charge in [0.2, 0.25) is 0 Å². The number of nitrogen functional groups attached to an aromatic ring is 1. The average molecular weight is 266 g/mol. The van der Waals surface area contributed by atoms with Gasteiger partial charge in [-0.15, -0.1) is 0 Å². The summed E-state index contributed by atoms with van der Waals surface area (Å²) >= 11 is 2.91. The zero-order chi connectivity index (χ0) is 10.9. The molecule has 0 atom stereocenters. The Morgan fingerprint density at radius 1 is 1.50 bits per heavy atom. The van der Waals surface area contributed by atoms with Gasteiger partial charge in [-0.05, 0) is 28.1 Å². The lowest BCUT2D eigenvalue weighted by molar-refractivity contribution is 0.0697. The number of alkyl halides is 2. The van der Waals surface area contributed by atoms with Crippen molar-refractivity contribution in [3.8, 4) is 0 Å². The molecule has 3 nitrogen and oxygen atoms in total. The SMILES string of the molecule is Nc1c(Br)cc(C(F)F)cc1C(=O)O. The van der Waals surface area contributed by atoms with Gasteiger partial charge < -0.3 is 10.8 Å². The maximum absolute atomic E-state index is 12.3. The van der Waals surface area contributed by atoms with E-state index in [1.165, 1.54) is 0 Å². The molecule has 1 rings (SSSR count). The standard InChI is InChI=1S/C8H6BrF2NO2/c9-5-2-3(7(10)11)1-4(6(5)12)8(13)14/h1-2,7H,12H2,(H,13,14). The van der Waals surface area contributed by atoms with E-state index in [9.17, 15) is 13.6 Å². The van der Waals surface area contributed by atoms with Gasteiger partial charge in [0.05, 0.1) is 11.3 Å². The quantitative estimate of drug-likeness (QED) is 0.809. The Morgan fingerprint density at radius 2 is 2.07 bits per heavy atom. The van der Waals surface area contributed by atoms with E-state index < -0.39 is 12.4 Å². The Balaban J connectivity index is 3.35. The van der Waals surface area contributed by atoms with Gasteiger partial charge in [-0.2, -0.15) is 0 Å². The number of carboxylic acids is 1. The maximum Gasteiger partial charge on any atom is 0.337 e. The first-order chi connectivity index (χ1) is 6.43. The second kappa shape index (κ2) is 3.91. The molecule has 0 unspecified atom stereocenters. The second-order valence-corrected chi connectivity index (χ2v) is 3.42. The van der Waals surface area contributed by atoms with Gasteiger partial charge in [-0.3, -0.25) is 0 Å². The van der Waals surface area contributed by atoms with E-state index in [1.807, 2.05) is 0 Å². The van der Waals surface area contributed by atoms with Crippen LogP contribution in [0.4, 0.5) is 14.5 Å². The summed E-state index contributed by atoms with van der Waals surface area (Å²) < 4.78 is 24.7. The minimum Gasteiger partial charge on any atom is -0.478 e. The summed E-state index contributed by atoms with van der Waals surface area (Å²) in [4.78, 5) is 10.6. The number of carbonyl (C=O) groups is 1. The van der Waals surface area contributed by atoms with E-state index in [0.717, 1.165) is 12.1 Å². The Hall–Kier alpha value is -1.17. The van der Waals surface area contributed by atoms with Crippen molar-refractivity contribution >= 4 is 27.6 Å². The molecule has 0 aliphatic carbocycles. The molecule has 6 heteroatoms. The molecule has 0 aliphatic rings. The van der Waals surface area contributed by atoms with Crippen LogP contribution in [0.25, 0.3) is 0 Å². The van der Waals surface area contributed by atoms with Gasteiger partial charge in [-0.25, -0.2) is 13.6 Å². The second-order valence-electron chi connectivity index (χ2n) is 2.57. The van der Waals surface area contributed by atoms with Crippen LogP contribution in [0.5, 0.6) is 0 Å². The van der Waals surface area contributed by atoms with E-state index in [0.29, 0.717) is 0 Å². The van der Waals surface area contributed by atoms with Crippen LogP contribution in [0.3, 0.4) is 0 Å². The predicted octanol–water partition coefficient (Wildman–Crippen LogP) is 2.67. The van der Waals surface area contributed by atoms with Crippen LogP contribution in [-0.2, 0) is 0 Å². The van der Waals surface area contributed by atoms with Crippen molar-refractivity contribution in [3.63, 3.8) is 0 Å². The molecule has 0 bridgehead atoms. The topological polar surface area (TPSA) is 63.3 Å². The highest BCUT2D eigenvalue weighted by Crippen LogP contribution is 2.30. The largest absolute Gasteiger partial charge is 0.478 e. The van der Waals surface area contributed by atoms with Gasteiger partial charge >= 0.3 is 5.97 Å². The number of benzene rings is 1. The summed E-state index contributed by atoms with van der Waals surface area (Å²) in [7, 11) is 0. The molecule has 0 heterocycles. The zero-order valence-electron chi connectivity index (χ0n) is 6.80. The molecule has 14 heavy (non-hydrogen) atoms. The smallest absolute Gasteiger partial charge is 0.337 e. The minimum atomic E-state index is -2.72. The highest BCUT2D eigenvalue weighted by Gasteiger charge is 2.16. The molecule has 1 aromatic carbocycles. The van der Waals surface area contributed by atoms with E-state index >= 15 is 0 Å². The molecule has 0 saturated carbocycles. The third kappa shape index (κ3) is 2.01. The summed E-state index contributed by atoms with van der Waals surface area (Å²) in [6, 6.07) is 1.97. The Bertz CT molecular complexity index is 382. The van der Waals surface area contributed by atoms with E-state index in [4.69, 9.17) is 10.8 Å². The first kappa shape index (κ1) is 10.9. The number of carboxylic acid groups (broad SMARTS) is 1. The highest BCUT2D eigenvalue weighted by atomic mass is 79.9. The highest BCUT2D eigenvalue weighted by molar-refractivity contribution is 9.10. The number of hydrogen-bond acceptors (Lipinski definition) is 2. The Kier molecular flexibility index (Phi) is 3.05. The molecule has 1 aromatic rings. The Labute approximate surface area is 86.7 Å². The van der Waals surface area contributed by atoms with Gasteiger partial charge in [0.15, 0.2) is 0 Å². The van der Waals surface area contributed by atoms with Gasteiger partial charge in [0.1, 0.15) is 0 Å². The van der Waals surface area contributed by atoms with Crippen molar-refractivity contribution in [3.05, 3.63) is 27.7 Å². The fraction of sp³-hybridized carbons (Fsp3) is 0.125. The zero-order valence-corrected chi connectivity index (χ0v) is 8.38. The van der Waals surface area contributed by atoms with Crippen LogP contribution < -0.4 is 5.73 Å². The van der Waals surface area contributed by atoms with Crippen LogP contribution in [-0.4, -0.2) is 11.1 Å². The molecule has 0 radical (unpaired) electrons. The van der Waals surface area contributed by atoms with Crippen LogP contribution in [0, 0.1) is 0 Å². The monoisotopic (exact) mass is 265 g/mol. The van der Waals surface area contributed by atoms with Crippen LogP contribution >= 0.6 is 15.9 Å². The summed E-state index contributed by atoms with van der Waals surface area (Å²) in [6.07, 6.45) is -2.72. The lowest BCUT2D eigenvalue weighted by Gasteiger charge is -2.06. The molecule has 76 valence electrons. The van der Waals surface area contributed by atoms with Crippen molar-refractivity contribution in [1.29, 1.82) is 0 Å². The lowest BCUT2D eigenvalue weighted by atomic mass is 10.1. The number of halogens is 3. The van der Waals surface area contributed by atoms with Gasteiger partial charge in [0.25, 0.3) is 6.43 Å². The molecule has 0 aromatic heterocycles. The summed E-state index contributed by atoms with van der Waals surface area (Å²) in [5, 5.41) is 8.65. The fourth-order valence-electron chi connectivity index (χ4n) is 0.942. The van der Waals surface area contributed by atoms with Gasteiger partial charge in [-0.1, -0.05) is 0 Å². The molecule has 0 spiro atoms. The van der Waals surface area contributed by atoms with E-state index in [-0.39, 0.29) is 21.3 Å². The average Bonchev–Trinajstić information content (AvgIpc) is 2.08. The van der Waals surface area contributed by atoms with Crippen molar-refractivity contribution in [2.75, 3.05) is 5.73 Å². The first-order valence-electron chi connectivity index (χ1n) is 3.54. The van der Waals surface area contributed by atoms with Crippen molar-refractivity contribution in [2.45, 2.75) is 6.43 Å². The molecule has 0 fully saturated rings. The lowest BCUT2D eigenvalue weighted by Crippen LogP contribution is -2.04. The van der Waals surface area contributed by atoms with Crippen molar-refractivity contribution < 1.29 is 18.7 Å². The minimum absolute atomic E-state index is 0.0538. The third-order valence-corrected chi connectivity index (χ3v) is 2.29. The number of nitrogens with two attached hydrogens (primary N) is 1. The van der Waals surface area contributed by atoms with Crippen molar-refractivity contribution in [2.24, 2.45) is 0 Å². The van der Waals surface area contributed by atoms with Crippen LogP contribution in [0.2, 0.25) is 0 Å². The normalized spacial score (nSPS) is 10.6. The van der Waals surface area contributed by atoms with E-state index in [1.54, 1.807) is 0 Å². The van der Waals surface area contributed by atoms with Crippen LogP contribution in [0.1, 0.15) is 22.3 Å². The third-order valence-electron chi connectivity index (χ3n) is 1.63. The number of aromatic carboxylic acids is 1. The summed E-state index contributed by atoms with van der Waals surface area (Å²) in [6.45, 7) is 0. The maximum atomic E-state index is 12.3. The molecule has 0 aliphatic heterocycles. The summed E-state index contributed by atoms with van der Waals surface area (Å²) in [5.41, 5.74) is 4.63.